The molecule has 1 aromatic rings. The maximum atomic E-state index is 11.5. The summed E-state index contributed by atoms with van der Waals surface area (Å²) in [5, 5.41) is 2.90. The van der Waals surface area contributed by atoms with Gasteiger partial charge in [0.2, 0.25) is 5.91 Å². The quantitative estimate of drug-likeness (QED) is 0.787. The number of pyridine rings is 1. The molecule has 16 heavy (non-hydrogen) atoms. The lowest BCUT2D eigenvalue weighted by Gasteiger charge is -2.20. The van der Waals surface area contributed by atoms with Crippen molar-refractivity contribution in [2.45, 2.75) is 31.2 Å². The summed E-state index contributed by atoms with van der Waals surface area (Å²) in [5.74, 6) is 0.904. The van der Waals surface area contributed by atoms with Gasteiger partial charge < -0.3 is 11.1 Å². The fourth-order valence-corrected chi connectivity index (χ4v) is 1.74. The number of nitrogens with zero attached hydrogens (tertiary/aromatic N) is 1. The molecule has 0 aliphatic carbocycles. The molecule has 1 heterocycles. The van der Waals surface area contributed by atoms with Crippen molar-refractivity contribution in [3.05, 3.63) is 18.3 Å². The second-order valence-corrected chi connectivity index (χ2v) is 5.55. The number of hydrogen-bond donors (Lipinski definition) is 2. The first-order chi connectivity index (χ1) is 7.37. The van der Waals surface area contributed by atoms with Gasteiger partial charge >= 0.3 is 0 Å². The number of carbonyl (C=O) groups is 1. The number of carbonyl (C=O) groups excluding carboxylic acids is 1. The van der Waals surface area contributed by atoms with Crippen molar-refractivity contribution in [3.63, 3.8) is 0 Å². The van der Waals surface area contributed by atoms with Crippen molar-refractivity contribution in [1.82, 2.24) is 10.3 Å². The van der Waals surface area contributed by atoms with E-state index in [1.54, 1.807) is 12.3 Å². The van der Waals surface area contributed by atoms with E-state index in [1.807, 2.05) is 26.8 Å². The van der Waals surface area contributed by atoms with Crippen LogP contribution in [0.15, 0.2) is 23.2 Å². The van der Waals surface area contributed by atoms with Gasteiger partial charge in [-0.3, -0.25) is 4.79 Å². The zero-order chi connectivity index (χ0) is 12.2. The molecule has 88 valence electrons. The maximum Gasteiger partial charge on any atom is 0.230 e. The summed E-state index contributed by atoms with van der Waals surface area (Å²) in [6, 6.07) is 3.58. The Morgan fingerprint density at radius 2 is 2.19 bits per heavy atom. The lowest BCUT2D eigenvalue weighted by atomic mass is 10.1. The molecule has 0 saturated carbocycles. The van der Waals surface area contributed by atoms with Gasteiger partial charge in [-0.25, -0.2) is 4.98 Å². The van der Waals surface area contributed by atoms with E-state index in [-0.39, 0.29) is 11.4 Å². The molecule has 0 radical (unpaired) electrons. The Labute approximate surface area is 100 Å². The van der Waals surface area contributed by atoms with Crippen LogP contribution in [0.3, 0.4) is 0 Å². The molecule has 0 atom stereocenters. The van der Waals surface area contributed by atoms with E-state index >= 15 is 0 Å². The number of aromatic nitrogens is 1. The minimum atomic E-state index is -0.184. The first kappa shape index (κ1) is 12.8. The van der Waals surface area contributed by atoms with Gasteiger partial charge in [0, 0.05) is 16.6 Å². The van der Waals surface area contributed by atoms with E-state index in [0.717, 1.165) is 4.90 Å². The maximum absolute atomic E-state index is 11.5. The van der Waals surface area contributed by atoms with E-state index in [9.17, 15) is 4.79 Å². The molecule has 1 amide bonds. The molecular formula is C11H17N3OS. The second-order valence-electron chi connectivity index (χ2n) is 4.51. The minimum Gasteiger partial charge on any atom is -0.384 e. The van der Waals surface area contributed by atoms with Crippen molar-refractivity contribution < 1.29 is 4.79 Å². The normalized spacial score (nSPS) is 11.2. The fourth-order valence-electron chi connectivity index (χ4n) is 1.08. The van der Waals surface area contributed by atoms with Crippen LogP contribution in [0.2, 0.25) is 0 Å². The Morgan fingerprint density at radius 1 is 1.50 bits per heavy atom. The average molecular weight is 239 g/mol. The van der Waals surface area contributed by atoms with Gasteiger partial charge in [0.1, 0.15) is 5.82 Å². The SMILES string of the molecule is CC(C)(C)NC(=O)CSc1ccc(N)nc1. The smallest absolute Gasteiger partial charge is 0.230 e. The lowest BCUT2D eigenvalue weighted by Crippen LogP contribution is -2.41. The third-order valence-electron chi connectivity index (χ3n) is 1.64. The van der Waals surface area contributed by atoms with Gasteiger partial charge in [-0.05, 0) is 32.9 Å². The average Bonchev–Trinajstić information content (AvgIpc) is 2.14. The Hall–Kier alpha value is -1.23. The topological polar surface area (TPSA) is 68.0 Å². The summed E-state index contributed by atoms with van der Waals surface area (Å²) in [6.45, 7) is 5.88. The first-order valence-corrected chi connectivity index (χ1v) is 6.01. The van der Waals surface area contributed by atoms with Gasteiger partial charge in [0.25, 0.3) is 0 Å². The van der Waals surface area contributed by atoms with Gasteiger partial charge in [-0.15, -0.1) is 11.8 Å². The number of nitrogens with one attached hydrogen (secondary N) is 1. The largest absolute Gasteiger partial charge is 0.384 e. The van der Waals surface area contributed by atoms with E-state index in [2.05, 4.69) is 10.3 Å². The molecule has 0 aromatic carbocycles. The molecular weight excluding hydrogens is 222 g/mol. The van der Waals surface area contributed by atoms with E-state index in [0.29, 0.717) is 11.6 Å². The number of rotatable bonds is 3. The predicted molar refractivity (Wildman–Crippen MR) is 67.3 cm³/mol. The summed E-state index contributed by atoms with van der Waals surface area (Å²) < 4.78 is 0. The van der Waals surface area contributed by atoms with Crippen LogP contribution in [0.1, 0.15) is 20.8 Å². The monoisotopic (exact) mass is 239 g/mol. The number of nitrogens with two attached hydrogens (primary N) is 1. The van der Waals surface area contributed by atoms with Crippen LogP contribution in [0, 0.1) is 0 Å². The van der Waals surface area contributed by atoms with Gasteiger partial charge in [-0.1, -0.05) is 0 Å². The highest BCUT2D eigenvalue weighted by atomic mass is 32.2. The molecule has 0 bridgehead atoms. The molecule has 0 spiro atoms. The predicted octanol–water partition coefficient (Wildman–Crippen LogP) is 1.67. The third kappa shape index (κ3) is 5.02. The van der Waals surface area contributed by atoms with E-state index in [1.165, 1.54) is 11.8 Å². The molecule has 4 nitrogen and oxygen atoms in total. The number of amides is 1. The zero-order valence-corrected chi connectivity index (χ0v) is 10.6. The highest BCUT2D eigenvalue weighted by Gasteiger charge is 2.13. The van der Waals surface area contributed by atoms with Gasteiger partial charge in [0.05, 0.1) is 5.75 Å². The van der Waals surface area contributed by atoms with Crippen molar-refractivity contribution >= 4 is 23.5 Å². The summed E-state index contributed by atoms with van der Waals surface area (Å²) in [5.41, 5.74) is 5.28. The Bertz CT molecular complexity index is 356. The van der Waals surface area contributed by atoms with Crippen molar-refractivity contribution in [1.29, 1.82) is 0 Å². The number of anilines is 1. The summed E-state index contributed by atoms with van der Waals surface area (Å²) in [6.07, 6.45) is 1.67. The Morgan fingerprint density at radius 3 is 2.69 bits per heavy atom. The third-order valence-corrected chi connectivity index (χ3v) is 2.62. The van der Waals surface area contributed by atoms with Crippen molar-refractivity contribution in [3.8, 4) is 0 Å². The molecule has 0 unspecified atom stereocenters. The fraction of sp³-hybridized carbons (Fsp3) is 0.455. The molecule has 1 rings (SSSR count). The molecule has 5 heteroatoms. The van der Waals surface area contributed by atoms with Crippen LogP contribution in [0.25, 0.3) is 0 Å². The van der Waals surface area contributed by atoms with Crippen molar-refractivity contribution in [2.75, 3.05) is 11.5 Å². The van der Waals surface area contributed by atoms with E-state index in [4.69, 9.17) is 5.73 Å². The van der Waals surface area contributed by atoms with Gasteiger partial charge in [0.15, 0.2) is 0 Å². The molecule has 0 aliphatic heterocycles. The summed E-state index contributed by atoms with van der Waals surface area (Å²) in [7, 11) is 0. The van der Waals surface area contributed by atoms with Gasteiger partial charge in [-0.2, -0.15) is 0 Å². The molecule has 3 N–H and O–H groups in total. The van der Waals surface area contributed by atoms with Crippen LogP contribution < -0.4 is 11.1 Å². The highest BCUT2D eigenvalue weighted by molar-refractivity contribution is 8.00. The Kier molecular flexibility index (Phi) is 4.18. The standard InChI is InChI=1S/C11H17N3OS/c1-11(2,3)14-10(15)7-16-8-4-5-9(12)13-6-8/h4-6H,7H2,1-3H3,(H2,12,13)(H,14,15). The number of thioether (sulfide) groups is 1. The zero-order valence-electron chi connectivity index (χ0n) is 9.78. The molecule has 1 aromatic heterocycles. The van der Waals surface area contributed by atoms with Crippen LogP contribution in [0.4, 0.5) is 5.82 Å². The second kappa shape index (κ2) is 5.21. The molecule has 0 saturated heterocycles. The summed E-state index contributed by atoms with van der Waals surface area (Å²) >= 11 is 1.45. The van der Waals surface area contributed by atoms with E-state index < -0.39 is 0 Å². The lowest BCUT2D eigenvalue weighted by molar-refractivity contribution is -0.119. The Balaban J connectivity index is 2.40. The van der Waals surface area contributed by atoms with Crippen LogP contribution >= 0.6 is 11.8 Å². The van der Waals surface area contributed by atoms with Crippen molar-refractivity contribution in [2.24, 2.45) is 0 Å². The number of nitrogen functional groups attached to an aromatic ring is 1. The minimum absolute atomic E-state index is 0.0225. The van der Waals surface area contributed by atoms with Crippen LogP contribution in [-0.2, 0) is 4.79 Å². The highest BCUT2D eigenvalue weighted by Crippen LogP contribution is 2.17. The molecule has 0 fully saturated rings. The van der Waals surface area contributed by atoms with Crippen LogP contribution in [-0.4, -0.2) is 22.2 Å². The number of hydrogen-bond acceptors (Lipinski definition) is 4. The first-order valence-electron chi connectivity index (χ1n) is 5.02. The summed E-state index contributed by atoms with van der Waals surface area (Å²) in [4.78, 5) is 16.4. The molecule has 0 aliphatic rings. The van der Waals surface area contributed by atoms with Crippen LogP contribution in [0.5, 0.6) is 0 Å².